The van der Waals surface area contributed by atoms with Crippen molar-refractivity contribution in [1.29, 1.82) is 0 Å². The van der Waals surface area contributed by atoms with Crippen LogP contribution < -0.4 is 5.32 Å². The first kappa shape index (κ1) is 21.0. The number of carboxylic acids is 1. The van der Waals surface area contributed by atoms with Gasteiger partial charge in [0.25, 0.3) is 5.91 Å². The summed E-state index contributed by atoms with van der Waals surface area (Å²) in [5, 5.41) is 12.2. The molecule has 0 spiro atoms. The third kappa shape index (κ3) is 5.44. The number of halogens is 1. The maximum atomic E-state index is 12.6. The predicted octanol–water partition coefficient (Wildman–Crippen LogP) is 4.27. The Labute approximate surface area is 181 Å². The molecule has 0 atom stereocenters. The molecule has 0 radical (unpaired) electrons. The van der Waals surface area contributed by atoms with E-state index >= 15 is 0 Å². The zero-order valence-electron chi connectivity index (χ0n) is 14.9. The van der Waals surface area contributed by atoms with Gasteiger partial charge >= 0.3 is 5.97 Å². The third-order valence-electron chi connectivity index (χ3n) is 4.00. The summed E-state index contributed by atoms with van der Waals surface area (Å²) in [5.41, 5.74) is 1.28. The van der Waals surface area contributed by atoms with Crippen molar-refractivity contribution in [3.63, 3.8) is 0 Å². The number of carbonyl (C=O) groups excluding carboxylic acids is 2. The Morgan fingerprint density at radius 2 is 1.93 bits per heavy atom. The number of benzene rings is 2. The molecule has 6 nitrogen and oxygen atoms in total. The summed E-state index contributed by atoms with van der Waals surface area (Å²) >= 11 is 12.3. The second kappa shape index (κ2) is 9.21. The Morgan fingerprint density at radius 1 is 1.21 bits per heavy atom. The predicted molar refractivity (Wildman–Crippen MR) is 118 cm³/mol. The highest BCUT2D eigenvalue weighted by atomic mass is 35.5. The standard InChI is InChI=1S/C20H15ClN2O4S2/c21-14-6-4-12(5-7-14)10-16-18(25)23(20(28)29-16)9-8-17(24)22-15-3-1-2-13(11-15)19(26)27/h1-7,10-11H,8-9H2,(H,22,24)(H,26,27). The number of hydrogen-bond acceptors (Lipinski definition) is 5. The normalized spacial score (nSPS) is 15.1. The van der Waals surface area contributed by atoms with E-state index in [0.29, 0.717) is 19.9 Å². The Morgan fingerprint density at radius 3 is 2.62 bits per heavy atom. The van der Waals surface area contributed by atoms with Crippen molar-refractivity contribution >= 4 is 69.4 Å². The molecule has 2 aromatic rings. The van der Waals surface area contributed by atoms with Gasteiger partial charge in [0.05, 0.1) is 10.5 Å². The summed E-state index contributed by atoms with van der Waals surface area (Å²) in [5.74, 6) is -1.68. The molecule has 29 heavy (non-hydrogen) atoms. The molecule has 9 heteroatoms. The Bertz CT molecular complexity index is 1020. The van der Waals surface area contributed by atoms with Crippen molar-refractivity contribution in [2.45, 2.75) is 6.42 Å². The fourth-order valence-electron chi connectivity index (χ4n) is 2.57. The highest BCUT2D eigenvalue weighted by molar-refractivity contribution is 8.26. The minimum atomic E-state index is -1.08. The third-order valence-corrected chi connectivity index (χ3v) is 5.63. The first-order valence-electron chi connectivity index (χ1n) is 8.47. The van der Waals surface area contributed by atoms with Crippen molar-refractivity contribution in [2.75, 3.05) is 11.9 Å². The summed E-state index contributed by atoms with van der Waals surface area (Å²) in [6, 6.07) is 13.0. The zero-order valence-corrected chi connectivity index (χ0v) is 17.3. The topological polar surface area (TPSA) is 86.7 Å². The second-order valence-electron chi connectivity index (χ2n) is 6.07. The van der Waals surface area contributed by atoms with Gasteiger partial charge in [-0.25, -0.2) is 4.79 Å². The van der Waals surface area contributed by atoms with Gasteiger partial charge in [0.15, 0.2) is 0 Å². The van der Waals surface area contributed by atoms with Crippen LogP contribution in [-0.2, 0) is 9.59 Å². The van der Waals surface area contributed by atoms with Crippen LogP contribution in [0.5, 0.6) is 0 Å². The van der Waals surface area contributed by atoms with Crippen LogP contribution in [0.1, 0.15) is 22.3 Å². The van der Waals surface area contributed by atoms with E-state index in [1.807, 2.05) is 0 Å². The quantitative estimate of drug-likeness (QED) is 0.509. The number of nitrogens with zero attached hydrogens (tertiary/aromatic N) is 1. The van der Waals surface area contributed by atoms with Crippen molar-refractivity contribution in [3.8, 4) is 0 Å². The maximum absolute atomic E-state index is 12.6. The second-order valence-corrected chi connectivity index (χ2v) is 8.18. The van der Waals surface area contributed by atoms with Crippen molar-refractivity contribution in [1.82, 2.24) is 4.90 Å². The van der Waals surface area contributed by atoms with Gasteiger partial charge in [0, 0.05) is 23.7 Å². The van der Waals surface area contributed by atoms with E-state index in [1.54, 1.807) is 42.5 Å². The monoisotopic (exact) mass is 446 g/mol. The SMILES string of the molecule is O=C(CCN1C(=O)C(=Cc2ccc(Cl)cc2)SC1=S)Nc1cccc(C(=O)O)c1. The van der Waals surface area contributed by atoms with Gasteiger partial charge in [0.2, 0.25) is 5.91 Å². The molecule has 2 aromatic carbocycles. The highest BCUT2D eigenvalue weighted by Gasteiger charge is 2.32. The molecule has 1 aliphatic rings. The molecular weight excluding hydrogens is 432 g/mol. The van der Waals surface area contributed by atoms with Crippen molar-refractivity contribution < 1.29 is 19.5 Å². The average Bonchev–Trinajstić information content (AvgIpc) is 2.95. The van der Waals surface area contributed by atoms with Crippen LogP contribution in [0.3, 0.4) is 0 Å². The van der Waals surface area contributed by atoms with E-state index in [9.17, 15) is 14.4 Å². The lowest BCUT2D eigenvalue weighted by molar-refractivity contribution is -0.122. The maximum Gasteiger partial charge on any atom is 0.335 e. The van der Waals surface area contributed by atoms with Gasteiger partial charge in [-0.2, -0.15) is 0 Å². The van der Waals surface area contributed by atoms with Crippen LogP contribution in [0.2, 0.25) is 5.02 Å². The molecule has 1 heterocycles. The number of amides is 2. The molecule has 0 bridgehead atoms. The highest BCUT2D eigenvalue weighted by Crippen LogP contribution is 2.32. The van der Waals surface area contributed by atoms with Crippen molar-refractivity contribution in [2.24, 2.45) is 0 Å². The van der Waals surface area contributed by atoms with Gasteiger partial charge < -0.3 is 10.4 Å². The van der Waals surface area contributed by atoms with Crippen molar-refractivity contribution in [3.05, 3.63) is 69.6 Å². The van der Waals surface area contributed by atoms with Crippen LogP contribution in [0.25, 0.3) is 6.08 Å². The number of nitrogens with one attached hydrogen (secondary N) is 1. The van der Waals surface area contributed by atoms with Gasteiger partial charge in [-0.3, -0.25) is 14.5 Å². The molecular formula is C20H15ClN2O4S2. The van der Waals surface area contributed by atoms with E-state index in [4.69, 9.17) is 28.9 Å². The molecule has 3 rings (SSSR count). The molecule has 1 saturated heterocycles. The number of rotatable bonds is 6. The van der Waals surface area contributed by atoms with E-state index < -0.39 is 5.97 Å². The molecule has 0 aliphatic carbocycles. The number of aromatic carboxylic acids is 1. The number of carboxylic acid groups (broad SMARTS) is 1. The number of hydrogen-bond donors (Lipinski definition) is 2. The van der Waals surface area contributed by atoms with Gasteiger partial charge in [-0.05, 0) is 42.0 Å². The molecule has 148 valence electrons. The van der Waals surface area contributed by atoms with E-state index in [2.05, 4.69) is 5.32 Å². The summed E-state index contributed by atoms with van der Waals surface area (Å²) in [6.07, 6.45) is 1.76. The molecule has 2 N–H and O–H groups in total. The summed E-state index contributed by atoms with van der Waals surface area (Å²) < 4.78 is 0.385. The first-order chi connectivity index (χ1) is 13.8. The smallest absolute Gasteiger partial charge is 0.335 e. The van der Waals surface area contributed by atoms with Crippen LogP contribution in [-0.4, -0.2) is 38.7 Å². The number of anilines is 1. The Hall–Kier alpha value is -2.68. The number of carbonyl (C=O) groups is 3. The summed E-state index contributed by atoms with van der Waals surface area (Å²) in [4.78, 5) is 37.7. The molecule has 1 fully saturated rings. The van der Waals surface area contributed by atoms with E-state index in [1.165, 1.54) is 28.8 Å². The van der Waals surface area contributed by atoms with Gasteiger partial charge in [0.1, 0.15) is 4.32 Å². The number of thioether (sulfide) groups is 1. The molecule has 0 unspecified atom stereocenters. The van der Waals surface area contributed by atoms with Crippen LogP contribution in [0, 0.1) is 0 Å². The molecule has 2 amide bonds. The lowest BCUT2D eigenvalue weighted by Gasteiger charge is -2.14. The summed E-state index contributed by atoms with van der Waals surface area (Å²) in [7, 11) is 0. The first-order valence-corrected chi connectivity index (χ1v) is 10.1. The van der Waals surface area contributed by atoms with Gasteiger partial charge in [-0.1, -0.05) is 53.8 Å². The van der Waals surface area contributed by atoms with E-state index in [0.717, 1.165) is 5.56 Å². The number of thiocarbonyl (C=S) groups is 1. The van der Waals surface area contributed by atoms with Crippen LogP contribution >= 0.6 is 35.6 Å². The lowest BCUT2D eigenvalue weighted by atomic mass is 10.2. The largest absolute Gasteiger partial charge is 0.478 e. The summed E-state index contributed by atoms with van der Waals surface area (Å²) in [6.45, 7) is 0.132. The lowest BCUT2D eigenvalue weighted by Crippen LogP contribution is -2.31. The van der Waals surface area contributed by atoms with Gasteiger partial charge in [-0.15, -0.1) is 0 Å². The van der Waals surface area contributed by atoms with E-state index in [-0.39, 0.29) is 30.3 Å². The zero-order chi connectivity index (χ0) is 21.0. The Balaban J connectivity index is 1.60. The molecule has 1 aliphatic heterocycles. The fourth-order valence-corrected chi connectivity index (χ4v) is 4.00. The average molecular weight is 447 g/mol. The minimum absolute atomic E-state index is 0.0258. The minimum Gasteiger partial charge on any atom is -0.478 e. The fraction of sp³-hybridized carbons (Fsp3) is 0.100. The molecule has 0 saturated carbocycles. The Kier molecular flexibility index (Phi) is 6.68. The van der Waals surface area contributed by atoms with Crippen LogP contribution in [0.15, 0.2) is 53.4 Å². The van der Waals surface area contributed by atoms with Crippen LogP contribution in [0.4, 0.5) is 5.69 Å². The molecule has 0 aromatic heterocycles.